The Hall–Kier alpha value is -0.0400. The third-order valence-corrected chi connectivity index (χ3v) is 2.33. The Balaban J connectivity index is 2.17. The first kappa shape index (κ1) is 3.90. The summed E-state index contributed by atoms with van der Waals surface area (Å²) in [7, 11) is 0. The molecule has 39 valence electrons. The van der Waals surface area contributed by atoms with Gasteiger partial charge in [-0.2, -0.15) is 0 Å². The lowest BCUT2D eigenvalue weighted by atomic mass is 10.2. The quantitative estimate of drug-likeness (QED) is 0.435. The molecule has 0 aliphatic heterocycles. The highest BCUT2D eigenvalue weighted by Crippen LogP contribution is 2.55. The van der Waals surface area contributed by atoms with Crippen molar-refractivity contribution in [3.63, 3.8) is 0 Å². The average molecular weight is 97.1 g/mol. The lowest BCUT2D eigenvalue weighted by Crippen LogP contribution is -1.99. The fraction of sp³-hybridized carbons (Fsp3) is 1.00. The summed E-state index contributed by atoms with van der Waals surface area (Å²) < 4.78 is 0. The van der Waals surface area contributed by atoms with Crippen molar-refractivity contribution in [1.82, 2.24) is 0 Å². The Kier molecular flexibility index (Phi) is 0.487. The molecule has 2 fully saturated rings. The first-order valence-electron chi connectivity index (χ1n) is 3.02. The van der Waals surface area contributed by atoms with Crippen molar-refractivity contribution in [3.05, 3.63) is 0 Å². The van der Waals surface area contributed by atoms with Gasteiger partial charge in [-0.1, -0.05) is 6.42 Å². The predicted molar refractivity (Wildman–Crippen MR) is 25.4 cm³/mol. The second kappa shape index (κ2) is 0.873. The molecule has 1 heteroatoms. The second-order valence-corrected chi connectivity index (χ2v) is 2.86. The molecule has 2 aliphatic carbocycles. The minimum atomic E-state index is -0.389. The van der Waals surface area contributed by atoms with Crippen LogP contribution in [-0.4, -0.2) is 5.60 Å². The second-order valence-electron chi connectivity index (χ2n) is 2.86. The molecule has 0 aromatic rings. The summed E-state index contributed by atoms with van der Waals surface area (Å²) in [5.41, 5.74) is -0.389. The molecule has 7 heavy (non-hydrogen) atoms. The third kappa shape index (κ3) is 0.367. The Morgan fingerprint density at radius 1 is 1.57 bits per heavy atom. The molecule has 0 N–H and O–H groups in total. The summed E-state index contributed by atoms with van der Waals surface area (Å²) in [6.07, 6.45) is 4.39. The van der Waals surface area contributed by atoms with E-state index in [0.29, 0.717) is 5.92 Å². The van der Waals surface area contributed by atoms with Crippen molar-refractivity contribution in [2.75, 3.05) is 0 Å². The summed E-state index contributed by atoms with van der Waals surface area (Å²) >= 11 is 0. The highest BCUT2D eigenvalue weighted by molar-refractivity contribution is 5.07. The summed E-state index contributed by atoms with van der Waals surface area (Å²) in [5, 5.41) is 11.0. The van der Waals surface area contributed by atoms with Gasteiger partial charge >= 0.3 is 0 Å². The minimum absolute atomic E-state index is 0.389. The van der Waals surface area contributed by atoms with Gasteiger partial charge < -0.3 is 0 Å². The van der Waals surface area contributed by atoms with Crippen molar-refractivity contribution in [2.24, 2.45) is 5.92 Å². The first-order valence-corrected chi connectivity index (χ1v) is 3.02. The predicted octanol–water partition coefficient (Wildman–Crippen LogP) is 1.36. The van der Waals surface area contributed by atoms with Crippen LogP contribution in [0.25, 0.3) is 0 Å². The molecular formula is C6H9O. The lowest BCUT2D eigenvalue weighted by Gasteiger charge is -1.92. The van der Waals surface area contributed by atoms with Gasteiger partial charge in [-0.05, 0) is 25.2 Å². The molecule has 2 rings (SSSR count). The van der Waals surface area contributed by atoms with E-state index >= 15 is 0 Å². The Bertz CT molecular complexity index is 98.4. The summed E-state index contributed by atoms with van der Waals surface area (Å²) in [6, 6.07) is 0. The van der Waals surface area contributed by atoms with E-state index in [0.717, 1.165) is 12.8 Å². The third-order valence-electron chi connectivity index (χ3n) is 2.33. The molecule has 0 aromatic heterocycles. The summed E-state index contributed by atoms with van der Waals surface area (Å²) in [4.78, 5) is 0. The van der Waals surface area contributed by atoms with Gasteiger partial charge in [0.15, 0.2) is 0 Å². The maximum atomic E-state index is 11.0. The van der Waals surface area contributed by atoms with Crippen LogP contribution in [0.15, 0.2) is 0 Å². The van der Waals surface area contributed by atoms with Crippen LogP contribution in [0.5, 0.6) is 0 Å². The molecule has 2 atom stereocenters. The molecule has 0 saturated heterocycles. The molecule has 2 saturated carbocycles. The van der Waals surface area contributed by atoms with Crippen LogP contribution >= 0.6 is 0 Å². The van der Waals surface area contributed by atoms with Gasteiger partial charge in [0.2, 0.25) is 0 Å². The molecule has 0 heterocycles. The van der Waals surface area contributed by atoms with Crippen LogP contribution in [-0.2, 0) is 5.11 Å². The van der Waals surface area contributed by atoms with Crippen LogP contribution < -0.4 is 0 Å². The smallest absolute Gasteiger partial charge is 0.107 e. The normalized spacial score (nSPS) is 57.0. The van der Waals surface area contributed by atoms with E-state index in [9.17, 15) is 5.11 Å². The van der Waals surface area contributed by atoms with Gasteiger partial charge in [0.25, 0.3) is 0 Å². The topological polar surface area (TPSA) is 19.9 Å². The van der Waals surface area contributed by atoms with Gasteiger partial charge in [-0.15, -0.1) is 0 Å². The van der Waals surface area contributed by atoms with Crippen molar-refractivity contribution in [2.45, 2.75) is 31.3 Å². The van der Waals surface area contributed by atoms with Crippen molar-refractivity contribution >= 4 is 0 Å². The van der Waals surface area contributed by atoms with Gasteiger partial charge in [0, 0.05) is 0 Å². The van der Waals surface area contributed by atoms with Crippen molar-refractivity contribution in [3.8, 4) is 0 Å². The molecule has 2 aliphatic rings. The highest BCUT2D eigenvalue weighted by atomic mass is 16.3. The Morgan fingerprint density at radius 3 is 2.57 bits per heavy atom. The van der Waals surface area contributed by atoms with Gasteiger partial charge in [-0.3, -0.25) is 0 Å². The zero-order chi connectivity index (χ0) is 4.91. The SMILES string of the molecule is [O]C12CCCC1C2. The fourth-order valence-corrected chi connectivity index (χ4v) is 1.68. The number of rotatable bonds is 0. The van der Waals surface area contributed by atoms with E-state index in [-0.39, 0.29) is 5.60 Å². The van der Waals surface area contributed by atoms with Crippen LogP contribution in [0.2, 0.25) is 0 Å². The van der Waals surface area contributed by atoms with Crippen LogP contribution in [0.1, 0.15) is 25.7 Å². The van der Waals surface area contributed by atoms with Crippen molar-refractivity contribution < 1.29 is 5.11 Å². The minimum Gasteiger partial charge on any atom is -0.229 e. The van der Waals surface area contributed by atoms with E-state index in [2.05, 4.69) is 0 Å². The lowest BCUT2D eigenvalue weighted by molar-refractivity contribution is 0.0582. The number of fused-ring (bicyclic) bond motifs is 1. The summed E-state index contributed by atoms with van der Waals surface area (Å²) in [5.74, 6) is 0.604. The Labute approximate surface area is 43.3 Å². The molecule has 0 spiro atoms. The van der Waals surface area contributed by atoms with Crippen LogP contribution in [0.3, 0.4) is 0 Å². The highest BCUT2D eigenvalue weighted by Gasteiger charge is 2.57. The van der Waals surface area contributed by atoms with Gasteiger partial charge in [0.1, 0.15) is 5.60 Å². The molecule has 0 amide bonds. The van der Waals surface area contributed by atoms with Crippen LogP contribution in [0.4, 0.5) is 0 Å². The van der Waals surface area contributed by atoms with Crippen LogP contribution in [0, 0.1) is 5.92 Å². The van der Waals surface area contributed by atoms with Gasteiger partial charge in [-0.25, -0.2) is 5.11 Å². The molecule has 0 bridgehead atoms. The number of hydrogen-bond donors (Lipinski definition) is 0. The van der Waals surface area contributed by atoms with E-state index in [1.54, 1.807) is 0 Å². The van der Waals surface area contributed by atoms with E-state index < -0.39 is 0 Å². The zero-order valence-corrected chi connectivity index (χ0v) is 4.31. The molecule has 1 radical (unpaired) electrons. The number of hydrogen-bond acceptors (Lipinski definition) is 0. The molecule has 0 aromatic carbocycles. The monoisotopic (exact) mass is 97.1 g/mol. The Morgan fingerprint density at radius 2 is 2.43 bits per heavy atom. The van der Waals surface area contributed by atoms with E-state index in [1.165, 1.54) is 12.8 Å². The largest absolute Gasteiger partial charge is 0.229 e. The van der Waals surface area contributed by atoms with Gasteiger partial charge in [0.05, 0.1) is 0 Å². The van der Waals surface area contributed by atoms with E-state index in [1.807, 2.05) is 0 Å². The maximum Gasteiger partial charge on any atom is 0.107 e. The van der Waals surface area contributed by atoms with Crippen molar-refractivity contribution in [1.29, 1.82) is 0 Å². The molecular weight excluding hydrogens is 88.1 g/mol. The summed E-state index contributed by atoms with van der Waals surface area (Å²) in [6.45, 7) is 0. The standard InChI is InChI=1S/C6H9O/c7-6-3-1-2-5(6)4-6/h5H,1-4H2. The average Bonchev–Trinajstić information content (AvgIpc) is 2.09. The maximum absolute atomic E-state index is 11.0. The fourth-order valence-electron chi connectivity index (χ4n) is 1.68. The van der Waals surface area contributed by atoms with E-state index in [4.69, 9.17) is 0 Å². The molecule has 2 unspecified atom stereocenters. The molecule has 1 nitrogen and oxygen atoms in total. The first-order chi connectivity index (χ1) is 3.31. The zero-order valence-electron chi connectivity index (χ0n) is 4.31.